The van der Waals surface area contributed by atoms with Gasteiger partial charge in [-0.25, -0.2) is 4.79 Å². The zero-order valence-corrected chi connectivity index (χ0v) is 20.5. The van der Waals surface area contributed by atoms with Crippen LogP contribution >= 0.6 is 0 Å². The largest absolute Gasteiger partial charge is 0.459 e. The Bertz CT molecular complexity index is 1070. The van der Waals surface area contributed by atoms with Gasteiger partial charge in [-0.05, 0) is 30.0 Å². The van der Waals surface area contributed by atoms with Crippen LogP contribution in [0.1, 0.15) is 50.2 Å². The summed E-state index contributed by atoms with van der Waals surface area (Å²) in [5.41, 5.74) is 13.7. The van der Waals surface area contributed by atoms with Crippen molar-refractivity contribution in [1.82, 2.24) is 5.32 Å². The molecule has 3 amide bonds. The van der Waals surface area contributed by atoms with Gasteiger partial charge in [0.1, 0.15) is 18.7 Å². The van der Waals surface area contributed by atoms with Crippen molar-refractivity contribution < 1.29 is 23.9 Å². The predicted octanol–water partition coefficient (Wildman–Crippen LogP) is 1.96. The maximum absolute atomic E-state index is 13.4. The van der Waals surface area contributed by atoms with Crippen LogP contribution in [0.5, 0.6) is 0 Å². The minimum absolute atomic E-state index is 0.0156. The van der Waals surface area contributed by atoms with Crippen LogP contribution in [0.3, 0.4) is 0 Å². The molecule has 2 aromatic carbocycles. The number of nitrogens with one attached hydrogen (secondary N) is 1. The number of fused-ring (bicyclic) bond motifs is 1. The van der Waals surface area contributed by atoms with Gasteiger partial charge in [0.05, 0.1) is 6.04 Å². The lowest BCUT2D eigenvalue weighted by Gasteiger charge is -2.28. The summed E-state index contributed by atoms with van der Waals surface area (Å²) in [4.78, 5) is 52.4. The third-order valence-electron chi connectivity index (χ3n) is 6.21. The fourth-order valence-corrected chi connectivity index (χ4v) is 4.23. The van der Waals surface area contributed by atoms with E-state index in [1.165, 1.54) is 4.90 Å². The Morgan fingerprint density at radius 1 is 1.06 bits per heavy atom. The lowest BCUT2D eigenvalue weighted by molar-refractivity contribution is -0.149. The number of esters is 1. The predicted molar refractivity (Wildman–Crippen MR) is 136 cm³/mol. The van der Waals surface area contributed by atoms with E-state index in [2.05, 4.69) is 5.32 Å². The number of unbranched alkanes of at least 4 members (excludes halogenated alkanes) is 1. The number of nitrogens with two attached hydrogens (primary N) is 2. The summed E-state index contributed by atoms with van der Waals surface area (Å²) in [6.07, 6.45) is 2.36. The zero-order chi connectivity index (χ0) is 26.1. The number of benzene rings is 2. The number of carbonyl (C=O) groups excluding carboxylic acids is 4. The smallest absolute Gasteiger partial charge is 0.328 e. The molecule has 1 heterocycles. The van der Waals surface area contributed by atoms with E-state index in [-0.39, 0.29) is 31.8 Å². The van der Waals surface area contributed by atoms with Crippen molar-refractivity contribution in [2.75, 3.05) is 4.90 Å². The third kappa shape index (κ3) is 6.91. The molecule has 0 spiro atoms. The number of para-hydroxylation sites is 1. The SMILES string of the molecule is CCCC[C@H](N)C(=O)N1c2ccccc2C[C@H]1C(=O)N[C@@H](CCC(N)=O)C(=O)OCc1ccccc1. The van der Waals surface area contributed by atoms with Gasteiger partial charge < -0.3 is 21.5 Å². The second kappa shape index (κ2) is 12.8. The summed E-state index contributed by atoms with van der Waals surface area (Å²) in [5.74, 6) is -2.14. The highest BCUT2D eigenvalue weighted by Gasteiger charge is 2.41. The van der Waals surface area contributed by atoms with Crippen LogP contribution < -0.4 is 21.7 Å². The van der Waals surface area contributed by atoms with E-state index in [1.807, 2.05) is 49.4 Å². The van der Waals surface area contributed by atoms with Gasteiger partial charge in [-0.2, -0.15) is 0 Å². The van der Waals surface area contributed by atoms with Crippen LogP contribution in [-0.2, 0) is 36.9 Å². The normalized spacial score (nSPS) is 16.1. The number of hydrogen-bond donors (Lipinski definition) is 3. The molecule has 0 aromatic heterocycles. The number of carbonyl (C=O) groups is 4. The first kappa shape index (κ1) is 26.9. The number of ether oxygens (including phenoxy) is 1. The second-order valence-electron chi connectivity index (χ2n) is 8.97. The molecule has 0 bridgehead atoms. The number of hydrogen-bond acceptors (Lipinski definition) is 6. The molecule has 5 N–H and O–H groups in total. The minimum Gasteiger partial charge on any atom is -0.459 e. The maximum atomic E-state index is 13.4. The Labute approximate surface area is 211 Å². The van der Waals surface area contributed by atoms with E-state index in [0.717, 1.165) is 24.0 Å². The highest BCUT2D eigenvalue weighted by molar-refractivity contribution is 6.06. The Kier molecular flexibility index (Phi) is 9.58. The Hall–Kier alpha value is -3.72. The molecule has 192 valence electrons. The van der Waals surface area contributed by atoms with E-state index in [4.69, 9.17) is 16.2 Å². The van der Waals surface area contributed by atoms with Crippen LogP contribution in [0, 0.1) is 0 Å². The van der Waals surface area contributed by atoms with Gasteiger partial charge in [0.25, 0.3) is 0 Å². The fourth-order valence-electron chi connectivity index (χ4n) is 4.23. The van der Waals surface area contributed by atoms with Crippen LogP contribution in [0.15, 0.2) is 54.6 Å². The summed E-state index contributed by atoms with van der Waals surface area (Å²) in [5, 5.41) is 2.70. The van der Waals surface area contributed by atoms with Crippen molar-refractivity contribution in [2.45, 2.75) is 70.2 Å². The molecule has 1 aliphatic rings. The monoisotopic (exact) mass is 494 g/mol. The van der Waals surface area contributed by atoms with Gasteiger partial charge in [0, 0.05) is 18.5 Å². The zero-order valence-electron chi connectivity index (χ0n) is 20.5. The highest BCUT2D eigenvalue weighted by Crippen LogP contribution is 2.33. The molecule has 0 unspecified atom stereocenters. The maximum Gasteiger partial charge on any atom is 0.328 e. The van der Waals surface area contributed by atoms with E-state index < -0.39 is 35.9 Å². The van der Waals surface area contributed by atoms with Crippen molar-refractivity contribution in [1.29, 1.82) is 0 Å². The molecule has 0 saturated carbocycles. The number of primary amides is 1. The van der Waals surface area contributed by atoms with E-state index in [0.29, 0.717) is 12.1 Å². The Balaban J connectivity index is 1.76. The molecular weight excluding hydrogens is 460 g/mol. The van der Waals surface area contributed by atoms with Gasteiger partial charge in [-0.15, -0.1) is 0 Å². The lowest BCUT2D eigenvalue weighted by Crippen LogP contribution is -2.55. The Morgan fingerprint density at radius 3 is 2.44 bits per heavy atom. The molecule has 1 aliphatic heterocycles. The summed E-state index contributed by atoms with van der Waals surface area (Å²) < 4.78 is 5.40. The standard InChI is InChI=1S/C27H34N4O5/c1-2-3-12-20(28)26(34)31-22-13-8-7-11-19(22)16-23(31)25(33)30-21(14-15-24(29)32)27(35)36-17-18-9-5-4-6-10-18/h4-11,13,20-21,23H,2-3,12,14-17,28H2,1H3,(H2,29,32)(H,30,33)/t20-,21-,23-/m0/s1. The van der Waals surface area contributed by atoms with Gasteiger partial charge >= 0.3 is 5.97 Å². The summed E-state index contributed by atoms with van der Waals surface area (Å²) in [6.45, 7) is 2.04. The number of anilines is 1. The molecular formula is C27H34N4O5. The second-order valence-corrected chi connectivity index (χ2v) is 8.97. The van der Waals surface area contributed by atoms with Gasteiger partial charge in [0.2, 0.25) is 17.7 Å². The number of nitrogens with zero attached hydrogens (tertiary/aromatic N) is 1. The molecule has 0 fully saturated rings. The number of amides is 3. The highest BCUT2D eigenvalue weighted by atomic mass is 16.5. The fraction of sp³-hybridized carbons (Fsp3) is 0.407. The lowest BCUT2D eigenvalue weighted by atomic mass is 10.1. The van der Waals surface area contributed by atoms with Crippen LogP contribution in [-0.4, -0.2) is 41.8 Å². The molecule has 3 atom stereocenters. The topological polar surface area (TPSA) is 145 Å². The average molecular weight is 495 g/mol. The van der Waals surface area contributed by atoms with E-state index in [9.17, 15) is 19.2 Å². The van der Waals surface area contributed by atoms with Crippen LogP contribution in [0.2, 0.25) is 0 Å². The Morgan fingerprint density at radius 2 is 1.75 bits per heavy atom. The summed E-state index contributed by atoms with van der Waals surface area (Å²) >= 11 is 0. The van der Waals surface area contributed by atoms with Crippen molar-refractivity contribution >= 4 is 29.4 Å². The molecule has 2 aromatic rings. The van der Waals surface area contributed by atoms with Gasteiger partial charge in [-0.3, -0.25) is 19.3 Å². The number of rotatable bonds is 12. The first-order chi connectivity index (χ1) is 17.3. The molecule has 3 rings (SSSR count). The first-order valence-electron chi connectivity index (χ1n) is 12.3. The van der Waals surface area contributed by atoms with Gasteiger partial charge in [0.15, 0.2) is 0 Å². The van der Waals surface area contributed by atoms with Crippen LogP contribution in [0.4, 0.5) is 5.69 Å². The molecule has 9 nitrogen and oxygen atoms in total. The first-order valence-corrected chi connectivity index (χ1v) is 12.3. The quantitative estimate of drug-likeness (QED) is 0.385. The van der Waals surface area contributed by atoms with E-state index >= 15 is 0 Å². The van der Waals surface area contributed by atoms with Gasteiger partial charge in [-0.1, -0.05) is 68.3 Å². The van der Waals surface area contributed by atoms with E-state index in [1.54, 1.807) is 12.1 Å². The van der Waals surface area contributed by atoms with Crippen molar-refractivity contribution in [3.8, 4) is 0 Å². The van der Waals surface area contributed by atoms with Crippen molar-refractivity contribution in [3.05, 3.63) is 65.7 Å². The molecule has 9 heteroatoms. The third-order valence-corrected chi connectivity index (χ3v) is 6.21. The average Bonchev–Trinajstić information content (AvgIpc) is 3.28. The van der Waals surface area contributed by atoms with Crippen molar-refractivity contribution in [3.63, 3.8) is 0 Å². The molecule has 0 radical (unpaired) electrons. The van der Waals surface area contributed by atoms with Crippen molar-refractivity contribution in [2.24, 2.45) is 11.5 Å². The molecule has 36 heavy (non-hydrogen) atoms. The van der Waals surface area contributed by atoms with Crippen LogP contribution in [0.25, 0.3) is 0 Å². The summed E-state index contributed by atoms with van der Waals surface area (Å²) in [7, 11) is 0. The minimum atomic E-state index is -1.09. The molecule has 0 saturated heterocycles. The molecule has 0 aliphatic carbocycles. The summed E-state index contributed by atoms with van der Waals surface area (Å²) in [6, 6.07) is 13.7.